The molecule has 0 N–H and O–H groups in total. The largest absolute Gasteiger partial charge is 0.491 e. The van der Waals surface area contributed by atoms with Crippen LogP contribution >= 0.6 is 0 Å². The van der Waals surface area contributed by atoms with E-state index in [-0.39, 0.29) is 18.1 Å². The predicted octanol–water partition coefficient (Wildman–Crippen LogP) is 3.92. The van der Waals surface area contributed by atoms with Crippen LogP contribution in [0.2, 0.25) is 0 Å². The van der Waals surface area contributed by atoms with Crippen LogP contribution in [0.5, 0.6) is 5.75 Å². The maximum absolute atomic E-state index is 13.4. The lowest BCUT2D eigenvalue weighted by Gasteiger charge is -2.35. The number of carbonyl (C=O) groups is 1. The molecular weight excluding hydrogens is 468 g/mol. The van der Waals surface area contributed by atoms with Gasteiger partial charge in [-0.3, -0.25) is 9.69 Å². The maximum Gasteiger partial charge on any atom is 0.254 e. The molecule has 2 saturated heterocycles. The van der Waals surface area contributed by atoms with Gasteiger partial charge in [0.15, 0.2) is 0 Å². The monoisotopic (exact) mass is 508 g/mol. The van der Waals surface area contributed by atoms with Crippen molar-refractivity contribution in [3.63, 3.8) is 0 Å². The number of carbonyl (C=O) groups excluding carboxylic acids is 1. The molecule has 0 radical (unpaired) electrons. The van der Waals surface area contributed by atoms with Crippen molar-refractivity contribution in [2.45, 2.75) is 57.9 Å². The number of hydrogen-bond donors (Lipinski definition) is 0. The molecule has 2 atom stereocenters. The fourth-order valence-electron chi connectivity index (χ4n) is 5.75. The Labute approximate surface area is 220 Å². The molecule has 3 aliphatic rings. The molecule has 0 aliphatic carbocycles. The molecule has 3 aliphatic heterocycles. The van der Waals surface area contributed by atoms with Crippen molar-refractivity contribution in [3.05, 3.63) is 64.7 Å². The number of ether oxygens (including phenoxy) is 4. The van der Waals surface area contributed by atoms with E-state index in [0.29, 0.717) is 50.9 Å². The Kier molecular flexibility index (Phi) is 8.77. The summed E-state index contributed by atoms with van der Waals surface area (Å²) in [5.41, 5.74) is 4.24. The zero-order valence-corrected chi connectivity index (χ0v) is 22.2. The van der Waals surface area contributed by atoms with Crippen molar-refractivity contribution in [3.8, 4) is 5.75 Å². The molecular formula is C30H40N2O5. The zero-order chi connectivity index (χ0) is 25.6. The van der Waals surface area contributed by atoms with E-state index in [4.69, 9.17) is 18.9 Å². The van der Waals surface area contributed by atoms with E-state index in [1.165, 1.54) is 11.1 Å². The fourth-order valence-corrected chi connectivity index (χ4v) is 5.75. The Bertz CT molecular complexity index is 1040. The SMILES string of the molecule is CC1CN(C(=O)c2ccc3c(c2)Cc2cccc(c2)CN(C2CCOCC2)CCOCCO3)CC(C)O1. The van der Waals surface area contributed by atoms with Gasteiger partial charge in [-0.15, -0.1) is 0 Å². The molecule has 2 fully saturated rings. The lowest BCUT2D eigenvalue weighted by Crippen LogP contribution is -2.48. The molecule has 2 aromatic rings. The third-order valence-corrected chi connectivity index (χ3v) is 7.50. The predicted molar refractivity (Wildman–Crippen MR) is 142 cm³/mol. The normalized spacial score (nSPS) is 24.5. The van der Waals surface area contributed by atoms with Crippen LogP contribution in [-0.4, -0.2) is 86.6 Å². The molecule has 0 spiro atoms. The van der Waals surface area contributed by atoms with Gasteiger partial charge in [-0.25, -0.2) is 0 Å². The van der Waals surface area contributed by atoms with Crippen LogP contribution in [0.1, 0.15) is 53.7 Å². The Morgan fingerprint density at radius 1 is 0.865 bits per heavy atom. The number of rotatable bonds is 2. The number of hydrogen-bond acceptors (Lipinski definition) is 6. The number of morpholine rings is 1. The highest BCUT2D eigenvalue weighted by molar-refractivity contribution is 5.94. The number of fused-ring (bicyclic) bond motifs is 3. The lowest BCUT2D eigenvalue weighted by molar-refractivity contribution is -0.0586. The number of amides is 1. The Morgan fingerprint density at radius 2 is 1.62 bits per heavy atom. The lowest BCUT2D eigenvalue weighted by atomic mass is 9.99. The molecule has 0 aromatic heterocycles. The van der Waals surface area contributed by atoms with E-state index in [1.807, 2.05) is 36.9 Å². The molecule has 2 unspecified atom stereocenters. The van der Waals surface area contributed by atoms with Gasteiger partial charge in [0, 0.05) is 57.4 Å². The highest BCUT2D eigenvalue weighted by Gasteiger charge is 2.27. The Morgan fingerprint density at radius 3 is 2.43 bits per heavy atom. The second-order valence-corrected chi connectivity index (χ2v) is 10.6. The third-order valence-electron chi connectivity index (χ3n) is 7.50. The summed E-state index contributed by atoms with van der Waals surface area (Å²) in [6, 6.07) is 15.2. The van der Waals surface area contributed by atoms with Gasteiger partial charge in [-0.1, -0.05) is 24.3 Å². The van der Waals surface area contributed by atoms with Gasteiger partial charge in [0.25, 0.3) is 5.91 Å². The Balaban J connectivity index is 1.39. The van der Waals surface area contributed by atoms with Gasteiger partial charge in [0.2, 0.25) is 0 Å². The molecule has 2 aromatic carbocycles. The van der Waals surface area contributed by atoms with E-state index in [0.717, 1.165) is 50.5 Å². The average Bonchev–Trinajstić information content (AvgIpc) is 2.90. The Hall–Kier alpha value is -2.45. The minimum absolute atomic E-state index is 0.0387. The molecule has 1 amide bonds. The van der Waals surface area contributed by atoms with Crippen LogP contribution in [0, 0.1) is 0 Å². The summed E-state index contributed by atoms with van der Waals surface area (Å²) < 4.78 is 23.6. The molecule has 7 heteroatoms. The minimum atomic E-state index is 0.0387. The van der Waals surface area contributed by atoms with E-state index in [2.05, 4.69) is 29.2 Å². The first-order chi connectivity index (χ1) is 18.0. The van der Waals surface area contributed by atoms with Crippen LogP contribution in [0.15, 0.2) is 42.5 Å². The van der Waals surface area contributed by atoms with Crippen molar-refractivity contribution in [1.82, 2.24) is 9.80 Å². The summed E-state index contributed by atoms with van der Waals surface area (Å²) in [5, 5.41) is 0. The first-order valence-corrected chi connectivity index (χ1v) is 13.7. The molecule has 3 heterocycles. The van der Waals surface area contributed by atoms with Gasteiger partial charge in [-0.05, 0) is 61.6 Å². The number of benzene rings is 2. The van der Waals surface area contributed by atoms with Crippen LogP contribution < -0.4 is 4.74 Å². The first kappa shape index (κ1) is 26.2. The van der Waals surface area contributed by atoms with Crippen LogP contribution in [-0.2, 0) is 27.2 Å². The second-order valence-electron chi connectivity index (χ2n) is 10.6. The highest BCUT2D eigenvalue weighted by Crippen LogP contribution is 2.26. The summed E-state index contributed by atoms with van der Waals surface area (Å²) in [4.78, 5) is 17.8. The fraction of sp³-hybridized carbons (Fsp3) is 0.567. The van der Waals surface area contributed by atoms with Crippen LogP contribution in [0.4, 0.5) is 0 Å². The van der Waals surface area contributed by atoms with Gasteiger partial charge in [0.1, 0.15) is 12.4 Å². The van der Waals surface area contributed by atoms with Crippen molar-refractivity contribution < 1.29 is 23.7 Å². The summed E-state index contributed by atoms with van der Waals surface area (Å²) in [5.74, 6) is 0.864. The van der Waals surface area contributed by atoms with Crippen molar-refractivity contribution >= 4 is 5.91 Å². The zero-order valence-electron chi connectivity index (χ0n) is 22.2. The molecule has 7 nitrogen and oxygen atoms in total. The molecule has 0 saturated carbocycles. The van der Waals surface area contributed by atoms with Crippen molar-refractivity contribution in [2.75, 3.05) is 52.7 Å². The van der Waals surface area contributed by atoms with Gasteiger partial charge in [0.05, 0.1) is 25.4 Å². The maximum atomic E-state index is 13.4. The van der Waals surface area contributed by atoms with Gasteiger partial charge in [-0.2, -0.15) is 0 Å². The van der Waals surface area contributed by atoms with E-state index in [9.17, 15) is 4.79 Å². The topological polar surface area (TPSA) is 60.5 Å². The third kappa shape index (κ3) is 6.90. The standard InChI is InChI=1S/C30H40N2O5/c1-22-19-32(20-23(2)37-22)30(33)26-6-7-29-27(18-26)17-24-4-3-5-25(16-24)21-31(10-13-35-14-15-36-29)28-8-11-34-12-9-28/h3-7,16,18,22-23,28H,8-15,17,19-21H2,1-2H3. The summed E-state index contributed by atoms with van der Waals surface area (Å²) in [7, 11) is 0. The van der Waals surface area contributed by atoms with Crippen molar-refractivity contribution in [2.24, 2.45) is 0 Å². The summed E-state index contributed by atoms with van der Waals surface area (Å²) in [6.45, 7) is 10.4. The van der Waals surface area contributed by atoms with E-state index in [1.54, 1.807) is 0 Å². The minimum Gasteiger partial charge on any atom is -0.491 e. The first-order valence-electron chi connectivity index (χ1n) is 13.7. The van der Waals surface area contributed by atoms with E-state index < -0.39 is 0 Å². The highest BCUT2D eigenvalue weighted by atomic mass is 16.5. The van der Waals surface area contributed by atoms with Gasteiger partial charge < -0.3 is 23.8 Å². The van der Waals surface area contributed by atoms with Crippen molar-refractivity contribution in [1.29, 1.82) is 0 Å². The van der Waals surface area contributed by atoms with Gasteiger partial charge >= 0.3 is 0 Å². The molecule has 5 rings (SSSR count). The molecule has 200 valence electrons. The average molecular weight is 509 g/mol. The quantitative estimate of drug-likeness (QED) is 0.613. The molecule has 2 bridgehead atoms. The smallest absolute Gasteiger partial charge is 0.254 e. The molecule has 37 heavy (non-hydrogen) atoms. The van der Waals surface area contributed by atoms with Crippen LogP contribution in [0.3, 0.4) is 0 Å². The summed E-state index contributed by atoms with van der Waals surface area (Å²) >= 11 is 0. The second kappa shape index (κ2) is 12.4. The summed E-state index contributed by atoms with van der Waals surface area (Å²) in [6.07, 6.45) is 2.91. The van der Waals surface area contributed by atoms with Crippen LogP contribution in [0.25, 0.3) is 0 Å². The van der Waals surface area contributed by atoms with E-state index >= 15 is 0 Å². The number of nitrogens with zero attached hydrogens (tertiary/aromatic N) is 2.